The Bertz CT molecular complexity index is 970. The van der Waals surface area contributed by atoms with Gasteiger partial charge in [0.2, 0.25) is 11.8 Å². The topological polar surface area (TPSA) is 114 Å². The van der Waals surface area contributed by atoms with E-state index in [1.165, 1.54) is 0 Å². The van der Waals surface area contributed by atoms with Crippen LogP contribution in [0.4, 0.5) is 4.79 Å². The Labute approximate surface area is 227 Å². The van der Waals surface area contributed by atoms with Crippen LogP contribution in [0.1, 0.15) is 85.4 Å². The third kappa shape index (κ3) is 9.03. The number of nitrogens with zero attached hydrogens (tertiary/aromatic N) is 1. The molecule has 2 N–H and O–H groups in total. The quantitative estimate of drug-likeness (QED) is 0.392. The molecule has 38 heavy (non-hydrogen) atoms. The van der Waals surface area contributed by atoms with E-state index in [2.05, 4.69) is 10.6 Å². The molecule has 0 aliphatic heterocycles. The molecule has 3 amide bonds. The Morgan fingerprint density at radius 2 is 1.68 bits per heavy atom. The fourth-order valence-electron chi connectivity index (χ4n) is 4.27. The van der Waals surface area contributed by atoms with Gasteiger partial charge in [0.05, 0.1) is 13.0 Å². The minimum absolute atomic E-state index is 0.0314. The van der Waals surface area contributed by atoms with Gasteiger partial charge in [-0.25, -0.2) is 4.79 Å². The molecule has 0 radical (unpaired) electrons. The fraction of sp³-hybridized carbons (Fsp3) is 0.655. The number of hydrogen-bond acceptors (Lipinski definition) is 6. The first-order valence-electron chi connectivity index (χ1n) is 13.6. The number of amides is 3. The molecule has 212 valence electrons. The van der Waals surface area contributed by atoms with Gasteiger partial charge in [-0.15, -0.1) is 0 Å². The third-order valence-corrected chi connectivity index (χ3v) is 6.45. The monoisotopic (exact) mass is 531 g/mol. The third-order valence-electron chi connectivity index (χ3n) is 6.45. The van der Waals surface area contributed by atoms with E-state index in [0.717, 1.165) is 18.4 Å². The number of rotatable bonds is 12. The average Bonchev–Trinajstić information content (AvgIpc) is 3.55. The lowest BCUT2D eigenvalue weighted by molar-refractivity contribution is -0.145. The van der Waals surface area contributed by atoms with Crippen molar-refractivity contribution in [3.8, 4) is 0 Å². The van der Waals surface area contributed by atoms with E-state index >= 15 is 0 Å². The van der Waals surface area contributed by atoms with E-state index in [9.17, 15) is 19.2 Å². The summed E-state index contributed by atoms with van der Waals surface area (Å²) in [5.74, 6) is -1.17. The molecule has 0 spiro atoms. The lowest BCUT2D eigenvalue weighted by Crippen LogP contribution is -2.55. The molecule has 1 fully saturated rings. The van der Waals surface area contributed by atoms with E-state index in [0.29, 0.717) is 5.56 Å². The Kier molecular flexibility index (Phi) is 11.2. The fourth-order valence-corrected chi connectivity index (χ4v) is 4.27. The molecule has 2 rings (SSSR count). The van der Waals surface area contributed by atoms with Gasteiger partial charge in [0.25, 0.3) is 0 Å². The molecule has 0 bridgehead atoms. The van der Waals surface area contributed by atoms with Crippen molar-refractivity contribution in [3.63, 3.8) is 0 Å². The van der Waals surface area contributed by atoms with Crippen molar-refractivity contribution in [1.29, 1.82) is 0 Å². The molecule has 0 aromatic heterocycles. The Balaban J connectivity index is 2.41. The molecule has 9 heteroatoms. The SMILES string of the molecule is CCOC(=O)CCNC(=O)C(c1ccc(CC)cc1)N(C(=O)C(NC(=O)OC(C)(C)C)C(C)C)C1CC1C. The molecule has 1 aromatic carbocycles. The zero-order valence-electron chi connectivity index (χ0n) is 24.1. The first-order valence-corrected chi connectivity index (χ1v) is 13.6. The first kappa shape index (κ1) is 31.1. The molecule has 0 heterocycles. The van der Waals surface area contributed by atoms with Gasteiger partial charge in [0.1, 0.15) is 17.7 Å². The van der Waals surface area contributed by atoms with Crippen LogP contribution < -0.4 is 10.6 Å². The van der Waals surface area contributed by atoms with Gasteiger partial charge >= 0.3 is 12.1 Å². The van der Waals surface area contributed by atoms with Crippen LogP contribution in [0.25, 0.3) is 0 Å². The summed E-state index contributed by atoms with van der Waals surface area (Å²) in [5, 5.41) is 5.57. The Morgan fingerprint density at radius 3 is 2.16 bits per heavy atom. The normalized spacial score (nSPS) is 18.2. The number of ether oxygens (including phenoxy) is 2. The zero-order chi connectivity index (χ0) is 28.6. The number of esters is 1. The van der Waals surface area contributed by atoms with Crippen molar-refractivity contribution in [2.24, 2.45) is 11.8 Å². The number of carbonyl (C=O) groups excluding carboxylic acids is 4. The van der Waals surface area contributed by atoms with Gasteiger partial charge < -0.3 is 25.0 Å². The van der Waals surface area contributed by atoms with E-state index in [1.54, 1.807) is 32.6 Å². The Morgan fingerprint density at radius 1 is 1.08 bits per heavy atom. The summed E-state index contributed by atoms with van der Waals surface area (Å²) >= 11 is 0. The van der Waals surface area contributed by atoms with E-state index in [1.807, 2.05) is 52.0 Å². The van der Waals surface area contributed by atoms with Crippen LogP contribution in [0.15, 0.2) is 24.3 Å². The molecule has 1 saturated carbocycles. The first-order chi connectivity index (χ1) is 17.8. The van der Waals surface area contributed by atoms with Crippen LogP contribution in [0.5, 0.6) is 0 Å². The zero-order valence-corrected chi connectivity index (χ0v) is 24.1. The van der Waals surface area contributed by atoms with Gasteiger partial charge in [-0.1, -0.05) is 52.0 Å². The van der Waals surface area contributed by atoms with Gasteiger partial charge in [-0.2, -0.15) is 0 Å². The highest BCUT2D eigenvalue weighted by atomic mass is 16.6. The maximum atomic E-state index is 14.1. The van der Waals surface area contributed by atoms with Crippen molar-refractivity contribution in [1.82, 2.24) is 15.5 Å². The highest BCUT2D eigenvalue weighted by Gasteiger charge is 2.48. The summed E-state index contributed by atoms with van der Waals surface area (Å²) in [5.41, 5.74) is 1.06. The van der Waals surface area contributed by atoms with Gasteiger partial charge in [-0.05, 0) is 63.5 Å². The van der Waals surface area contributed by atoms with Crippen molar-refractivity contribution in [2.45, 2.75) is 98.4 Å². The number of alkyl carbamates (subject to hydrolysis) is 1. The molecule has 1 aliphatic rings. The second-order valence-corrected chi connectivity index (χ2v) is 11.2. The van der Waals surface area contributed by atoms with Crippen LogP contribution in [0.2, 0.25) is 0 Å². The molecule has 4 unspecified atom stereocenters. The number of aryl methyl sites for hydroxylation is 1. The highest BCUT2D eigenvalue weighted by Crippen LogP contribution is 2.41. The number of carbonyl (C=O) groups is 4. The van der Waals surface area contributed by atoms with Crippen molar-refractivity contribution < 1.29 is 28.7 Å². The van der Waals surface area contributed by atoms with E-state index < -0.39 is 29.7 Å². The van der Waals surface area contributed by atoms with Crippen molar-refractivity contribution >= 4 is 23.9 Å². The van der Waals surface area contributed by atoms with Crippen LogP contribution in [0, 0.1) is 11.8 Å². The van der Waals surface area contributed by atoms with Gasteiger partial charge in [0.15, 0.2) is 0 Å². The summed E-state index contributed by atoms with van der Waals surface area (Å²) in [6.07, 6.45) is 0.941. The van der Waals surface area contributed by atoms with Crippen molar-refractivity contribution in [3.05, 3.63) is 35.4 Å². The number of benzene rings is 1. The number of hydrogen-bond donors (Lipinski definition) is 2. The van der Waals surface area contributed by atoms with Crippen LogP contribution in [-0.4, -0.2) is 59.6 Å². The minimum Gasteiger partial charge on any atom is -0.466 e. The lowest BCUT2D eigenvalue weighted by atomic mass is 9.97. The molecule has 9 nitrogen and oxygen atoms in total. The summed E-state index contributed by atoms with van der Waals surface area (Å²) in [4.78, 5) is 53.8. The second-order valence-electron chi connectivity index (χ2n) is 11.2. The lowest BCUT2D eigenvalue weighted by Gasteiger charge is -2.36. The Hall–Kier alpha value is -3.10. The summed E-state index contributed by atoms with van der Waals surface area (Å²) in [6, 6.07) is 5.67. The summed E-state index contributed by atoms with van der Waals surface area (Å²) in [6.45, 7) is 15.1. The minimum atomic E-state index is -0.924. The highest BCUT2D eigenvalue weighted by molar-refractivity contribution is 5.93. The number of nitrogens with one attached hydrogen (secondary N) is 2. The smallest absolute Gasteiger partial charge is 0.408 e. The largest absolute Gasteiger partial charge is 0.466 e. The van der Waals surface area contributed by atoms with E-state index in [-0.39, 0.29) is 49.3 Å². The van der Waals surface area contributed by atoms with E-state index in [4.69, 9.17) is 9.47 Å². The second kappa shape index (κ2) is 13.6. The van der Waals surface area contributed by atoms with Gasteiger partial charge in [0, 0.05) is 12.6 Å². The maximum absolute atomic E-state index is 14.1. The molecule has 1 aliphatic carbocycles. The predicted molar refractivity (Wildman–Crippen MR) is 145 cm³/mol. The molecular weight excluding hydrogens is 486 g/mol. The van der Waals surface area contributed by atoms with Crippen LogP contribution >= 0.6 is 0 Å². The van der Waals surface area contributed by atoms with Crippen LogP contribution in [-0.2, 0) is 30.3 Å². The molecule has 1 aromatic rings. The van der Waals surface area contributed by atoms with Crippen molar-refractivity contribution in [2.75, 3.05) is 13.2 Å². The predicted octanol–water partition coefficient (Wildman–Crippen LogP) is 4.15. The standard InChI is InChI=1S/C29H45N3O6/c1-9-20-11-13-21(14-12-20)25(26(34)30-16-15-23(33)37-10-2)32(22-17-19(22)5)27(35)24(18(3)4)31-28(36)38-29(6,7)8/h11-14,18-19,22,24-25H,9-10,15-17H2,1-8H3,(H,30,34)(H,31,36). The maximum Gasteiger partial charge on any atom is 0.408 e. The molecule has 4 atom stereocenters. The van der Waals surface area contributed by atoms with Crippen LogP contribution in [0.3, 0.4) is 0 Å². The average molecular weight is 532 g/mol. The summed E-state index contributed by atoms with van der Waals surface area (Å²) in [7, 11) is 0. The summed E-state index contributed by atoms with van der Waals surface area (Å²) < 4.78 is 10.4. The molecule has 0 saturated heterocycles. The van der Waals surface area contributed by atoms with Gasteiger partial charge in [-0.3, -0.25) is 14.4 Å². The molecular formula is C29H45N3O6.